The predicted octanol–water partition coefficient (Wildman–Crippen LogP) is 1.00. The van der Waals surface area contributed by atoms with Crippen LogP contribution < -0.4 is 5.32 Å². The Balaban J connectivity index is 0. The summed E-state index contributed by atoms with van der Waals surface area (Å²) in [5, 5.41) is 19.6. The molecule has 0 aliphatic heterocycles. The second kappa shape index (κ2) is 14.4. The van der Waals surface area contributed by atoms with E-state index in [-0.39, 0.29) is 19.1 Å². The fourth-order valence-corrected chi connectivity index (χ4v) is 0.536. The minimum absolute atomic E-state index is 0.0463. The summed E-state index contributed by atoms with van der Waals surface area (Å²) in [6.45, 7) is 8.65. The Kier molecular flexibility index (Phi) is 17.0. The summed E-state index contributed by atoms with van der Waals surface area (Å²) in [6, 6.07) is 0. The van der Waals surface area contributed by atoms with Crippen molar-refractivity contribution in [2.24, 2.45) is 5.92 Å². The summed E-state index contributed by atoms with van der Waals surface area (Å²) in [7, 11) is 0. The molecule has 82 valence electrons. The Morgan fingerprint density at radius 2 is 1.38 bits per heavy atom. The van der Waals surface area contributed by atoms with Crippen LogP contribution in [0.1, 0.15) is 33.6 Å². The number of aliphatic hydroxyl groups excluding tert-OH is 2. The molecular weight excluding hydrogens is 166 g/mol. The van der Waals surface area contributed by atoms with Crippen molar-refractivity contribution < 1.29 is 10.2 Å². The highest BCUT2D eigenvalue weighted by atomic mass is 16.3. The summed E-state index contributed by atoms with van der Waals surface area (Å²) in [5.74, 6) is 0.0463. The van der Waals surface area contributed by atoms with E-state index >= 15 is 0 Å². The van der Waals surface area contributed by atoms with Gasteiger partial charge in [-0.25, -0.2) is 0 Å². The van der Waals surface area contributed by atoms with Crippen molar-refractivity contribution in [1.82, 2.24) is 5.32 Å². The standard InChI is InChI=1S/C6H15N.C4H10O2/c1-3-5-7-6-4-2;1-4(2-5)3-6/h7H,3-6H2,1-2H3;4-6H,2-3H2,1H3. The van der Waals surface area contributed by atoms with E-state index < -0.39 is 0 Å². The zero-order chi connectivity index (χ0) is 10.5. The lowest BCUT2D eigenvalue weighted by molar-refractivity contribution is 0.162. The van der Waals surface area contributed by atoms with E-state index in [1.165, 1.54) is 25.9 Å². The highest BCUT2D eigenvalue weighted by molar-refractivity contribution is 4.41. The van der Waals surface area contributed by atoms with Gasteiger partial charge in [-0.15, -0.1) is 0 Å². The molecule has 0 aromatic rings. The second-order valence-electron chi connectivity index (χ2n) is 3.22. The molecule has 0 rings (SSSR count). The first-order valence-corrected chi connectivity index (χ1v) is 5.15. The van der Waals surface area contributed by atoms with Gasteiger partial charge in [-0.1, -0.05) is 20.8 Å². The molecular formula is C10H25NO2. The third-order valence-electron chi connectivity index (χ3n) is 1.48. The zero-order valence-corrected chi connectivity index (χ0v) is 9.21. The molecule has 0 unspecified atom stereocenters. The maximum absolute atomic E-state index is 8.17. The summed E-state index contributed by atoms with van der Waals surface area (Å²) in [6.07, 6.45) is 2.50. The largest absolute Gasteiger partial charge is 0.396 e. The highest BCUT2D eigenvalue weighted by Gasteiger charge is 1.91. The van der Waals surface area contributed by atoms with E-state index in [2.05, 4.69) is 19.2 Å². The van der Waals surface area contributed by atoms with E-state index in [0.717, 1.165) is 0 Å². The van der Waals surface area contributed by atoms with Crippen molar-refractivity contribution in [2.75, 3.05) is 26.3 Å². The van der Waals surface area contributed by atoms with Gasteiger partial charge in [0.15, 0.2) is 0 Å². The van der Waals surface area contributed by atoms with Crippen LogP contribution >= 0.6 is 0 Å². The average Bonchev–Trinajstić information content (AvgIpc) is 2.18. The van der Waals surface area contributed by atoms with Crippen molar-refractivity contribution in [3.05, 3.63) is 0 Å². The number of nitrogens with one attached hydrogen (secondary N) is 1. The van der Waals surface area contributed by atoms with Gasteiger partial charge in [0.05, 0.1) is 0 Å². The van der Waals surface area contributed by atoms with Crippen LogP contribution in [0.3, 0.4) is 0 Å². The fraction of sp³-hybridized carbons (Fsp3) is 1.00. The predicted molar refractivity (Wildman–Crippen MR) is 56.8 cm³/mol. The number of hydrogen-bond acceptors (Lipinski definition) is 3. The lowest BCUT2D eigenvalue weighted by atomic mass is 10.2. The Labute approximate surface area is 82.2 Å². The van der Waals surface area contributed by atoms with Crippen LogP contribution in [0, 0.1) is 5.92 Å². The molecule has 0 fully saturated rings. The van der Waals surface area contributed by atoms with E-state index in [9.17, 15) is 0 Å². The smallest absolute Gasteiger partial charge is 0.0478 e. The lowest BCUT2D eigenvalue weighted by Crippen LogP contribution is -2.14. The van der Waals surface area contributed by atoms with Gasteiger partial charge in [0.1, 0.15) is 0 Å². The van der Waals surface area contributed by atoms with Crippen LogP contribution in [0.15, 0.2) is 0 Å². The van der Waals surface area contributed by atoms with Crippen molar-refractivity contribution in [3.8, 4) is 0 Å². The summed E-state index contributed by atoms with van der Waals surface area (Å²) in [5.41, 5.74) is 0. The molecule has 3 N–H and O–H groups in total. The summed E-state index contributed by atoms with van der Waals surface area (Å²) < 4.78 is 0. The number of hydrogen-bond donors (Lipinski definition) is 3. The third-order valence-corrected chi connectivity index (χ3v) is 1.48. The lowest BCUT2D eigenvalue weighted by Gasteiger charge is -1.97. The van der Waals surface area contributed by atoms with Gasteiger partial charge < -0.3 is 15.5 Å². The third kappa shape index (κ3) is 18.7. The Morgan fingerprint density at radius 1 is 1.00 bits per heavy atom. The van der Waals surface area contributed by atoms with Crippen LogP contribution in [-0.2, 0) is 0 Å². The van der Waals surface area contributed by atoms with Gasteiger partial charge in [0, 0.05) is 19.1 Å². The SMILES string of the molecule is CC(CO)CO.CCCNCCC. The van der Waals surface area contributed by atoms with E-state index in [4.69, 9.17) is 10.2 Å². The second-order valence-corrected chi connectivity index (χ2v) is 3.22. The molecule has 0 aliphatic carbocycles. The quantitative estimate of drug-likeness (QED) is 0.549. The van der Waals surface area contributed by atoms with Gasteiger partial charge in [0.25, 0.3) is 0 Å². The molecule has 3 heteroatoms. The Morgan fingerprint density at radius 3 is 1.54 bits per heavy atom. The van der Waals surface area contributed by atoms with Crippen molar-refractivity contribution in [3.63, 3.8) is 0 Å². The topological polar surface area (TPSA) is 52.5 Å². The van der Waals surface area contributed by atoms with Gasteiger partial charge in [-0.2, -0.15) is 0 Å². The van der Waals surface area contributed by atoms with Crippen LogP contribution in [0.5, 0.6) is 0 Å². The maximum atomic E-state index is 8.17. The van der Waals surface area contributed by atoms with Gasteiger partial charge in [-0.3, -0.25) is 0 Å². The normalized spacial score (nSPS) is 9.69. The molecule has 0 atom stereocenters. The minimum Gasteiger partial charge on any atom is -0.396 e. The zero-order valence-electron chi connectivity index (χ0n) is 9.21. The van der Waals surface area contributed by atoms with Crippen molar-refractivity contribution in [1.29, 1.82) is 0 Å². The number of rotatable bonds is 6. The molecule has 0 saturated heterocycles. The average molecular weight is 191 g/mol. The van der Waals surface area contributed by atoms with E-state index in [0.29, 0.717) is 0 Å². The highest BCUT2D eigenvalue weighted by Crippen LogP contribution is 1.85. The van der Waals surface area contributed by atoms with Gasteiger partial charge in [-0.05, 0) is 25.9 Å². The summed E-state index contributed by atoms with van der Waals surface area (Å²) >= 11 is 0. The molecule has 0 heterocycles. The van der Waals surface area contributed by atoms with Crippen LogP contribution in [-0.4, -0.2) is 36.5 Å². The molecule has 0 aliphatic rings. The molecule has 0 aromatic carbocycles. The van der Waals surface area contributed by atoms with E-state index in [1.807, 2.05) is 0 Å². The van der Waals surface area contributed by atoms with Crippen LogP contribution in [0.4, 0.5) is 0 Å². The molecule has 0 amide bonds. The maximum Gasteiger partial charge on any atom is 0.0478 e. The first-order valence-electron chi connectivity index (χ1n) is 5.15. The molecule has 13 heavy (non-hydrogen) atoms. The first kappa shape index (κ1) is 15.4. The van der Waals surface area contributed by atoms with Crippen molar-refractivity contribution >= 4 is 0 Å². The van der Waals surface area contributed by atoms with Gasteiger partial charge in [0.2, 0.25) is 0 Å². The molecule has 0 radical (unpaired) electrons. The molecule has 0 aromatic heterocycles. The van der Waals surface area contributed by atoms with Gasteiger partial charge >= 0.3 is 0 Å². The molecule has 0 spiro atoms. The molecule has 3 nitrogen and oxygen atoms in total. The van der Waals surface area contributed by atoms with Crippen molar-refractivity contribution in [2.45, 2.75) is 33.6 Å². The first-order chi connectivity index (χ1) is 6.22. The Hall–Kier alpha value is -0.120. The summed E-state index contributed by atoms with van der Waals surface area (Å²) in [4.78, 5) is 0. The van der Waals surface area contributed by atoms with Crippen LogP contribution in [0.2, 0.25) is 0 Å². The van der Waals surface area contributed by atoms with E-state index in [1.54, 1.807) is 6.92 Å². The minimum atomic E-state index is 0.0463. The monoisotopic (exact) mass is 191 g/mol. The Bertz CT molecular complexity index is 71.3. The molecule has 0 saturated carbocycles. The molecule has 0 bridgehead atoms. The number of aliphatic hydroxyl groups is 2. The fourth-order valence-electron chi connectivity index (χ4n) is 0.536. The van der Waals surface area contributed by atoms with Crippen LogP contribution in [0.25, 0.3) is 0 Å².